The summed E-state index contributed by atoms with van der Waals surface area (Å²) in [4.78, 5) is 29.2. The van der Waals surface area contributed by atoms with Gasteiger partial charge in [0.1, 0.15) is 5.78 Å². The average molecular weight is 551 g/mol. The number of aliphatic hydroxyl groups excluding tert-OH is 2. The summed E-state index contributed by atoms with van der Waals surface area (Å²) in [5, 5.41) is 25.5. The SMILES string of the molecule is C[C@@H]([C@H]1[C@H](O)C[C@@]2(C)[C@@H]3CC[C@@H]4C(=CC[C@H](NC(=O)Cc5ccccc5)[C@@]4(C)CO)C[C@@H]3C(=O)C[C@]12C)N(C)C. The third-order valence-electron chi connectivity index (χ3n) is 12.4. The molecular formula is C34H50N2O4. The smallest absolute Gasteiger partial charge is 0.224 e. The van der Waals surface area contributed by atoms with Crippen molar-refractivity contribution in [2.24, 2.45) is 39.9 Å². The van der Waals surface area contributed by atoms with E-state index in [2.05, 4.69) is 58.1 Å². The lowest BCUT2D eigenvalue weighted by atomic mass is 9.48. The number of hydrogen-bond donors (Lipinski definition) is 3. The van der Waals surface area contributed by atoms with E-state index in [0.717, 1.165) is 31.2 Å². The zero-order valence-corrected chi connectivity index (χ0v) is 25.3. The lowest BCUT2D eigenvalue weighted by molar-refractivity contribution is -0.147. The van der Waals surface area contributed by atoms with E-state index in [1.165, 1.54) is 5.57 Å². The first-order valence-corrected chi connectivity index (χ1v) is 15.4. The van der Waals surface area contributed by atoms with Crippen LogP contribution in [0.1, 0.15) is 71.8 Å². The van der Waals surface area contributed by atoms with Gasteiger partial charge in [-0.25, -0.2) is 0 Å². The quantitative estimate of drug-likeness (QED) is 0.457. The first-order valence-electron chi connectivity index (χ1n) is 15.4. The number of benzene rings is 1. The number of rotatable bonds is 6. The second-order valence-corrected chi connectivity index (χ2v) is 14.5. The van der Waals surface area contributed by atoms with Crippen molar-refractivity contribution in [2.45, 2.75) is 90.8 Å². The van der Waals surface area contributed by atoms with Crippen molar-refractivity contribution in [3.63, 3.8) is 0 Å². The van der Waals surface area contributed by atoms with Crippen LogP contribution in [0, 0.1) is 39.9 Å². The summed E-state index contributed by atoms with van der Waals surface area (Å²) in [6, 6.07) is 9.79. The van der Waals surface area contributed by atoms with Crippen molar-refractivity contribution in [3.8, 4) is 0 Å². The minimum absolute atomic E-state index is 0.00924. The minimum Gasteiger partial charge on any atom is -0.396 e. The fourth-order valence-electron chi connectivity index (χ4n) is 9.77. The van der Waals surface area contributed by atoms with Gasteiger partial charge >= 0.3 is 0 Å². The summed E-state index contributed by atoms with van der Waals surface area (Å²) in [5.74, 6) is 0.656. The Kier molecular flexibility index (Phi) is 7.86. The highest BCUT2D eigenvalue weighted by atomic mass is 16.3. The van der Waals surface area contributed by atoms with Crippen molar-refractivity contribution >= 4 is 11.7 Å². The summed E-state index contributed by atoms with van der Waals surface area (Å²) in [6.07, 6.45) is 6.63. The lowest BCUT2D eigenvalue weighted by Gasteiger charge is -2.56. The van der Waals surface area contributed by atoms with E-state index >= 15 is 0 Å². The normalized spacial score (nSPS) is 41.8. The molecule has 40 heavy (non-hydrogen) atoms. The van der Waals surface area contributed by atoms with Crippen LogP contribution in [0.5, 0.6) is 0 Å². The van der Waals surface area contributed by atoms with Crippen LogP contribution in [-0.2, 0) is 16.0 Å². The van der Waals surface area contributed by atoms with E-state index < -0.39 is 11.5 Å². The molecule has 3 saturated carbocycles. The summed E-state index contributed by atoms with van der Waals surface area (Å²) >= 11 is 0. The van der Waals surface area contributed by atoms with Crippen LogP contribution in [0.25, 0.3) is 0 Å². The van der Waals surface area contributed by atoms with Crippen molar-refractivity contribution in [1.29, 1.82) is 0 Å². The molecule has 0 radical (unpaired) electrons. The molecule has 5 rings (SSSR count). The number of carbonyl (C=O) groups excluding carboxylic acids is 2. The van der Waals surface area contributed by atoms with E-state index in [0.29, 0.717) is 25.0 Å². The number of ketones is 1. The molecule has 3 N–H and O–H groups in total. The average Bonchev–Trinajstić information content (AvgIpc) is 3.02. The highest BCUT2D eigenvalue weighted by Crippen LogP contribution is 2.69. The fourth-order valence-corrected chi connectivity index (χ4v) is 9.77. The zero-order valence-electron chi connectivity index (χ0n) is 25.3. The Morgan fingerprint density at radius 1 is 1.12 bits per heavy atom. The number of Topliss-reactive ketones (excluding diaryl/α,β-unsaturated/α-hetero) is 1. The largest absolute Gasteiger partial charge is 0.396 e. The van der Waals surface area contributed by atoms with Gasteiger partial charge in [-0.05, 0) is 81.4 Å². The number of aliphatic hydroxyl groups is 2. The summed E-state index contributed by atoms with van der Waals surface area (Å²) in [7, 11) is 4.13. The molecule has 0 spiro atoms. The molecule has 6 nitrogen and oxygen atoms in total. The number of nitrogens with zero attached hydrogens (tertiary/aromatic N) is 1. The maximum absolute atomic E-state index is 14.0. The molecule has 3 fully saturated rings. The van der Waals surface area contributed by atoms with Crippen LogP contribution in [0.4, 0.5) is 0 Å². The molecule has 10 atom stereocenters. The monoisotopic (exact) mass is 550 g/mol. The van der Waals surface area contributed by atoms with Gasteiger partial charge < -0.3 is 20.4 Å². The van der Waals surface area contributed by atoms with Crippen LogP contribution in [0.15, 0.2) is 42.0 Å². The maximum atomic E-state index is 14.0. The number of carbonyl (C=O) groups is 2. The Balaban J connectivity index is 1.40. The van der Waals surface area contributed by atoms with Crippen LogP contribution in [0.2, 0.25) is 0 Å². The minimum atomic E-state index is -0.492. The third kappa shape index (κ3) is 4.59. The van der Waals surface area contributed by atoms with E-state index in [9.17, 15) is 19.8 Å². The Morgan fingerprint density at radius 3 is 2.48 bits per heavy atom. The summed E-state index contributed by atoms with van der Waals surface area (Å²) in [6.45, 7) is 8.92. The zero-order chi connectivity index (χ0) is 29.0. The molecule has 1 amide bonds. The molecule has 1 aromatic carbocycles. The van der Waals surface area contributed by atoms with E-state index in [1.54, 1.807) is 0 Å². The number of amides is 1. The molecule has 0 aliphatic heterocycles. The Hall–Kier alpha value is -2.02. The first-order chi connectivity index (χ1) is 18.9. The molecule has 0 bridgehead atoms. The molecule has 220 valence electrons. The van der Waals surface area contributed by atoms with E-state index in [1.807, 2.05) is 30.3 Å². The van der Waals surface area contributed by atoms with Crippen LogP contribution in [-0.4, -0.2) is 65.7 Å². The van der Waals surface area contributed by atoms with Gasteiger partial charge in [0.05, 0.1) is 19.1 Å². The molecule has 0 aromatic heterocycles. The number of hydrogen-bond acceptors (Lipinski definition) is 5. The molecule has 0 unspecified atom stereocenters. The molecule has 1 aromatic rings. The molecule has 0 heterocycles. The molecule has 6 heteroatoms. The predicted molar refractivity (Wildman–Crippen MR) is 157 cm³/mol. The summed E-state index contributed by atoms with van der Waals surface area (Å²) in [5.41, 5.74) is 1.38. The van der Waals surface area contributed by atoms with Gasteiger partial charge in [0, 0.05) is 35.8 Å². The number of nitrogens with one attached hydrogen (secondary N) is 1. The lowest BCUT2D eigenvalue weighted by Crippen LogP contribution is -2.55. The maximum Gasteiger partial charge on any atom is 0.224 e. The van der Waals surface area contributed by atoms with Gasteiger partial charge in [-0.15, -0.1) is 0 Å². The Bertz CT molecular complexity index is 1150. The van der Waals surface area contributed by atoms with Gasteiger partial charge in [0.15, 0.2) is 0 Å². The second kappa shape index (κ2) is 10.7. The van der Waals surface area contributed by atoms with Crippen LogP contribution in [0.3, 0.4) is 0 Å². The molecular weight excluding hydrogens is 500 g/mol. The molecule has 4 aliphatic rings. The van der Waals surface area contributed by atoms with Crippen molar-refractivity contribution in [1.82, 2.24) is 10.2 Å². The highest BCUT2D eigenvalue weighted by molar-refractivity contribution is 5.84. The fraction of sp³-hybridized carbons (Fsp3) is 0.706. The Labute approximate surface area is 240 Å². The second-order valence-electron chi connectivity index (χ2n) is 14.5. The van der Waals surface area contributed by atoms with Gasteiger partial charge in [0.25, 0.3) is 0 Å². The van der Waals surface area contributed by atoms with Crippen molar-refractivity contribution in [2.75, 3.05) is 20.7 Å². The summed E-state index contributed by atoms with van der Waals surface area (Å²) < 4.78 is 0. The number of fused-ring (bicyclic) bond motifs is 4. The third-order valence-corrected chi connectivity index (χ3v) is 12.4. The van der Waals surface area contributed by atoms with E-state index in [-0.39, 0.29) is 59.1 Å². The topological polar surface area (TPSA) is 89.9 Å². The first kappa shape index (κ1) is 29.5. The van der Waals surface area contributed by atoms with E-state index in [4.69, 9.17) is 0 Å². The van der Waals surface area contributed by atoms with Crippen LogP contribution < -0.4 is 5.32 Å². The van der Waals surface area contributed by atoms with Gasteiger partial charge in [-0.1, -0.05) is 62.8 Å². The van der Waals surface area contributed by atoms with Crippen molar-refractivity contribution in [3.05, 3.63) is 47.5 Å². The predicted octanol–water partition coefficient (Wildman–Crippen LogP) is 4.39. The Morgan fingerprint density at radius 2 is 1.82 bits per heavy atom. The van der Waals surface area contributed by atoms with Crippen LogP contribution >= 0.6 is 0 Å². The van der Waals surface area contributed by atoms with Gasteiger partial charge in [-0.2, -0.15) is 0 Å². The molecule has 4 aliphatic carbocycles. The van der Waals surface area contributed by atoms with Gasteiger partial charge in [0.2, 0.25) is 5.91 Å². The number of allylic oxidation sites excluding steroid dienone is 1. The highest BCUT2D eigenvalue weighted by Gasteiger charge is 2.67. The standard InChI is InChI=1S/C34H50N2O4/c1-21(36(5)6)31-28(39)19-33(3)26-14-13-25-23(17-24(26)27(38)18-34(31,33)4)12-15-29(32(25,2)20-37)35-30(40)16-22-10-8-7-9-11-22/h7-12,21,24-26,28-29,31,37,39H,13-20H2,1-6H3,(H,35,40)/t21-,24-,25+,26+,28+,29-,31-,32-,33-,34+/m0/s1. The van der Waals surface area contributed by atoms with Gasteiger partial charge in [-0.3, -0.25) is 9.59 Å². The van der Waals surface area contributed by atoms with Crippen molar-refractivity contribution < 1.29 is 19.8 Å². The molecule has 0 saturated heterocycles.